The summed E-state index contributed by atoms with van der Waals surface area (Å²) in [7, 11) is 0. The van der Waals surface area contributed by atoms with Crippen LogP contribution < -0.4 is 37.3 Å². The summed E-state index contributed by atoms with van der Waals surface area (Å²) in [6.07, 6.45) is 0.697. The number of nitrogens with zero attached hydrogens (tertiary/aromatic N) is 2. The van der Waals surface area contributed by atoms with Crippen LogP contribution in [0.1, 0.15) is 64.1 Å². The third-order valence-corrected chi connectivity index (χ3v) is 8.63. The largest absolute Gasteiger partial charge is 0.488 e. The Morgan fingerprint density at radius 1 is 0.873 bits per heavy atom. The van der Waals surface area contributed by atoms with Crippen LogP contribution in [0.3, 0.4) is 0 Å². The molecular weight excluding hydrogens is 713 g/mol. The van der Waals surface area contributed by atoms with Crippen LogP contribution in [0.25, 0.3) is 0 Å². The van der Waals surface area contributed by atoms with Crippen LogP contribution in [-0.2, 0) is 22.7 Å². The number of benzene rings is 3. The van der Waals surface area contributed by atoms with E-state index in [0.717, 1.165) is 5.56 Å². The fourth-order valence-corrected chi connectivity index (χ4v) is 5.46. The number of hydrogen-bond donors (Lipinski definition) is 5. The minimum absolute atomic E-state index is 0.152. The number of amides is 4. The molecule has 3 aromatic carbocycles. The molecule has 2 atom stereocenters. The van der Waals surface area contributed by atoms with Crippen molar-refractivity contribution in [3.05, 3.63) is 139 Å². The van der Waals surface area contributed by atoms with E-state index in [1.807, 2.05) is 0 Å². The molecule has 286 valence electrons. The van der Waals surface area contributed by atoms with Gasteiger partial charge >= 0.3 is 5.69 Å². The van der Waals surface area contributed by atoms with Crippen LogP contribution in [0.4, 0.5) is 15.8 Å². The van der Waals surface area contributed by atoms with Gasteiger partial charge in [0.25, 0.3) is 17.4 Å². The second kappa shape index (κ2) is 17.3. The van der Waals surface area contributed by atoms with Gasteiger partial charge in [0.2, 0.25) is 17.6 Å². The van der Waals surface area contributed by atoms with Gasteiger partial charge in [-0.15, -0.1) is 0 Å². The maximum Gasteiger partial charge on any atom is 0.328 e. The lowest BCUT2D eigenvalue weighted by Crippen LogP contribution is -2.53. The summed E-state index contributed by atoms with van der Waals surface area (Å²) in [5.41, 5.74) is 1.29. The SMILES string of the molecule is Cc1noc(C)c1COc1ccccc1C(=O)Nc1cccc(C(=O)N[C@H](C(=O)N[C@@H](C)C(=O)Nc2ccc(Cn3c(=O)[nH]cc(F)c3=O)cc2)C(C)C)c1. The summed E-state index contributed by atoms with van der Waals surface area (Å²) in [6, 6.07) is 17.1. The molecule has 4 amide bonds. The zero-order valence-electron chi connectivity index (χ0n) is 30.7. The van der Waals surface area contributed by atoms with Gasteiger partial charge in [0.1, 0.15) is 30.2 Å². The molecule has 0 bridgehead atoms. The number of aromatic amines is 1. The first-order chi connectivity index (χ1) is 26.2. The number of ether oxygens (including phenoxy) is 1. The molecule has 0 unspecified atom stereocenters. The Hall–Kier alpha value is -6.84. The number of carbonyl (C=O) groups excluding carboxylic acids is 4. The Kier molecular flexibility index (Phi) is 12.4. The maximum absolute atomic E-state index is 13.6. The van der Waals surface area contributed by atoms with Gasteiger partial charge in [-0.3, -0.25) is 28.5 Å². The predicted octanol–water partition coefficient (Wildman–Crippen LogP) is 4.06. The number of nitrogens with one attached hydrogen (secondary N) is 5. The average Bonchev–Trinajstić information content (AvgIpc) is 3.49. The molecular formula is C39H40FN7O8. The molecule has 15 nitrogen and oxygen atoms in total. The number of anilines is 2. The standard InChI is InChI=1S/C39H40FN7O8/c1-21(2)33(37(51)42-23(4)34(48)43-27-15-13-25(14-16-27)19-47-38(52)31(40)18-41-39(47)53)45-35(49)26-9-8-10-28(17-26)44-36(50)29-11-6-7-12-32(29)54-20-30-22(3)46-55-24(30)5/h6-18,21,23,33H,19-20H2,1-5H3,(H,41,53)(H,42,51)(H,43,48)(H,44,50)(H,45,49)/t23-,33-/m0/s1. The van der Waals surface area contributed by atoms with E-state index in [9.17, 15) is 33.2 Å². The van der Waals surface area contributed by atoms with E-state index in [1.54, 1.807) is 76.2 Å². The van der Waals surface area contributed by atoms with Crippen LogP contribution in [0.5, 0.6) is 5.75 Å². The third kappa shape index (κ3) is 9.78. The normalized spacial score (nSPS) is 12.1. The molecule has 5 N–H and O–H groups in total. The number of para-hydroxylation sites is 1. The number of H-pyrrole nitrogens is 1. The van der Waals surface area contributed by atoms with Gasteiger partial charge in [-0.1, -0.05) is 49.3 Å². The Morgan fingerprint density at radius 3 is 2.29 bits per heavy atom. The van der Waals surface area contributed by atoms with Gasteiger partial charge in [0.15, 0.2) is 0 Å². The number of carbonyl (C=O) groups is 4. The van der Waals surface area contributed by atoms with Crippen molar-refractivity contribution < 1.29 is 32.8 Å². The van der Waals surface area contributed by atoms with Crippen molar-refractivity contribution in [2.24, 2.45) is 5.92 Å². The monoisotopic (exact) mass is 753 g/mol. The van der Waals surface area contributed by atoms with Crippen LogP contribution in [-0.4, -0.2) is 50.4 Å². The molecule has 0 aliphatic carbocycles. The predicted molar refractivity (Wildman–Crippen MR) is 200 cm³/mol. The minimum atomic E-state index is -1.09. The third-order valence-electron chi connectivity index (χ3n) is 8.63. The van der Waals surface area contributed by atoms with Gasteiger partial charge < -0.3 is 35.5 Å². The molecule has 0 saturated heterocycles. The second-order valence-electron chi connectivity index (χ2n) is 13.1. The zero-order chi connectivity index (χ0) is 39.8. The molecule has 16 heteroatoms. The summed E-state index contributed by atoms with van der Waals surface area (Å²) in [4.78, 5) is 79.0. The van der Waals surface area contributed by atoms with Gasteiger partial charge in [0.05, 0.1) is 23.4 Å². The highest BCUT2D eigenvalue weighted by atomic mass is 19.1. The highest BCUT2D eigenvalue weighted by Gasteiger charge is 2.28. The first-order valence-corrected chi connectivity index (χ1v) is 17.3. The summed E-state index contributed by atoms with van der Waals surface area (Å²) in [6.45, 7) is 8.50. The van der Waals surface area contributed by atoms with E-state index in [0.29, 0.717) is 44.9 Å². The molecule has 0 aliphatic heterocycles. The number of aryl methyl sites for hydroxylation is 2. The van der Waals surface area contributed by atoms with E-state index >= 15 is 0 Å². The summed E-state index contributed by atoms with van der Waals surface area (Å²) in [5.74, 6) is -2.68. The number of rotatable bonds is 14. The molecule has 5 aromatic rings. The van der Waals surface area contributed by atoms with Crippen LogP contribution in [0.15, 0.2) is 93.1 Å². The Balaban J connectivity index is 1.17. The van der Waals surface area contributed by atoms with Crippen molar-refractivity contribution in [3.63, 3.8) is 0 Å². The molecule has 0 saturated carbocycles. The number of hydrogen-bond acceptors (Lipinski definition) is 9. The van der Waals surface area contributed by atoms with E-state index in [1.165, 1.54) is 31.2 Å². The zero-order valence-corrected chi connectivity index (χ0v) is 30.7. The lowest BCUT2D eigenvalue weighted by atomic mass is 10.0. The first kappa shape index (κ1) is 39.4. The molecule has 2 heterocycles. The van der Waals surface area contributed by atoms with E-state index in [-0.39, 0.29) is 30.2 Å². The van der Waals surface area contributed by atoms with Gasteiger partial charge in [-0.25, -0.2) is 4.79 Å². The topological polar surface area (TPSA) is 207 Å². The second-order valence-corrected chi connectivity index (χ2v) is 13.1. The van der Waals surface area contributed by atoms with Crippen molar-refractivity contribution in [2.75, 3.05) is 10.6 Å². The fourth-order valence-electron chi connectivity index (χ4n) is 5.46. The fraction of sp³-hybridized carbons (Fsp3) is 0.256. The molecule has 0 radical (unpaired) electrons. The van der Waals surface area contributed by atoms with Gasteiger partial charge in [-0.05, 0) is 74.7 Å². The lowest BCUT2D eigenvalue weighted by Gasteiger charge is -2.24. The molecule has 0 spiro atoms. The number of aromatic nitrogens is 3. The van der Waals surface area contributed by atoms with Crippen molar-refractivity contribution in [2.45, 2.75) is 59.9 Å². The Morgan fingerprint density at radius 2 is 1.60 bits per heavy atom. The molecule has 0 aliphatic rings. The van der Waals surface area contributed by atoms with Crippen LogP contribution >= 0.6 is 0 Å². The minimum Gasteiger partial charge on any atom is -0.488 e. The summed E-state index contributed by atoms with van der Waals surface area (Å²) in [5, 5.41) is 14.7. The Bertz CT molecular complexity index is 2310. The number of halogens is 1. The van der Waals surface area contributed by atoms with E-state index in [2.05, 4.69) is 31.4 Å². The van der Waals surface area contributed by atoms with E-state index in [4.69, 9.17) is 9.26 Å². The lowest BCUT2D eigenvalue weighted by molar-refractivity contribution is -0.128. The maximum atomic E-state index is 13.6. The van der Waals surface area contributed by atoms with Gasteiger partial charge in [0, 0.05) is 23.1 Å². The molecule has 5 rings (SSSR count). The van der Waals surface area contributed by atoms with E-state index < -0.39 is 52.8 Å². The van der Waals surface area contributed by atoms with Crippen molar-refractivity contribution in [3.8, 4) is 5.75 Å². The smallest absolute Gasteiger partial charge is 0.328 e. The Labute approximate surface area is 314 Å². The van der Waals surface area contributed by atoms with Gasteiger partial charge in [-0.2, -0.15) is 4.39 Å². The molecule has 55 heavy (non-hydrogen) atoms. The van der Waals surface area contributed by atoms with Crippen LogP contribution in [0, 0.1) is 25.6 Å². The molecule has 2 aromatic heterocycles. The molecule has 0 fully saturated rings. The van der Waals surface area contributed by atoms with Crippen molar-refractivity contribution in [1.82, 2.24) is 25.3 Å². The quantitative estimate of drug-likeness (QED) is 0.111. The average molecular weight is 754 g/mol. The highest BCUT2D eigenvalue weighted by Crippen LogP contribution is 2.23. The summed E-state index contributed by atoms with van der Waals surface area (Å²) >= 11 is 0. The van der Waals surface area contributed by atoms with Crippen molar-refractivity contribution in [1.29, 1.82) is 0 Å². The first-order valence-electron chi connectivity index (χ1n) is 17.3. The highest BCUT2D eigenvalue weighted by molar-refractivity contribution is 6.07. The van der Waals surface area contributed by atoms with Crippen LogP contribution in [0.2, 0.25) is 0 Å². The summed E-state index contributed by atoms with van der Waals surface area (Å²) < 4.78 is 25.5. The van der Waals surface area contributed by atoms with Crippen molar-refractivity contribution >= 4 is 35.0 Å².